The molecule has 0 N–H and O–H groups in total. The Morgan fingerprint density at radius 1 is 1.07 bits per heavy atom. The second kappa shape index (κ2) is 7.26. The highest BCUT2D eigenvalue weighted by atomic mass is 16.6. The highest BCUT2D eigenvalue weighted by Gasteiger charge is 2.35. The Bertz CT molecular complexity index is 1030. The van der Waals surface area contributed by atoms with Crippen LogP contribution in [0.2, 0.25) is 0 Å². The SMILES string of the molecule is Cc1ccccc1-c1nnc(-c2ccc(C(=O)OC3CC(C)OC3=O)cc2)o1. The topological polar surface area (TPSA) is 91.5 Å². The summed E-state index contributed by atoms with van der Waals surface area (Å²) in [6.45, 7) is 3.73. The molecule has 2 aromatic carbocycles. The van der Waals surface area contributed by atoms with Gasteiger partial charge < -0.3 is 13.9 Å². The number of nitrogens with zero attached hydrogens (tertiary/aromatic N) is 2. The molecule has 1 aliphatic rings. The molecule has 1 aromatic heterocycles. The lowest BCUT2D eigenvalue weighted by atomic mass is 10.1. The highest BCUT2D eigenvalue weighted by Crippen LogP contribution is 2.26. The molecule has 7 heteroatoms. The Labute approximate surface area is 161 Å². The molecule has 142 valence electrons. The maximum atomic E-state index is 12.2. The lowest BCUT2D eigenvalue weighted by Gasteiger charge is -2.08. The first-order valence-electron chi connectivity index (χ1n) is 8.92. The molecule has 0 saturated carbocycles. The zero-order valence-electron chi connectivity index (χ0n) is 15.4. The third kappa shape index (κ3) is 3.51. The van der Waals surface area contributed by atoms with Crippen molar-refractivity contribution in [1.82, 2.24) is 10.2 Å². The molecule has 7 nitrogen and oxygen atoms in total. The highest BCUT2D eigenvalue weighted by molar-refractivity contribution is 5.92. The van der Waals surface area contributed by atoms with Crippen molar-refractivity contribution < 1.29 is 23.5 Å². The minimum Gasteiger partial charge on any atom is -0.460 e. The van der Waals surface area contributed by atoms with Gasteiger partial charge in [0.1, 0.15) is 6.10 Å². The predicted octanol–water partition coefficient (Wildman–Crippen LogP) is 3.57. The molecule has 3 aromatic rings. The van der Waals surface area contributed by atoms with E-state index < -0.39 is 18.0 Å². The average molecular weight is 378 g/mol. The molecule has 2 atom stereocenters. The molecule has 2 unspecified atom stereocenters. The summed E-state index contributed by atoms with van der Waals surface area (Å²) >= 11 is 0. The van der Waals surface area contributed by atoms with E-state index in [-0.39, 0.29) is 6.10 Å². The Hall–Kier alpha value is -3.48. The fourth-order valence-electron chi connectivity index (χ4n) is 3.02. The monoisotopic (exact) mass is 378 g/mol. The molecule has 2 heterocycles. The van der Waals surface area contributed by atoms with Crippen LogP contribution in [0.4, 0.5) is 0 Å². The van der Waals surface area contributed by atoms with Gasteiger partial charge in [-0.05, 0) is 49.7 Å². The van der Waals surface area contributed by atoms with Crippen LogP contribution in [0, 0.1) is 6.92 Å². The first-order chi connectivity index (χ1) is 13.5. The lowest BCUT2D eigenvalue weighted by molar-refractivity contribution is -0.147. The van der Waals surface area contributed by atoms with Crippen LogP contribution in [0.5, 0.6) is 0 Å². The summed E-state index contributed by atoms with van der Waals surface area (Å²) in [7, 11) is 0. The second-order valence-electron chi connectivity index (χ2n) is 6.68. The molecule has 0 amide bonds. The number of aryl methyl sites for hydroxylation is 1. The summed E-state index contributed by atoms with van der Waals surface area (Å²) in [4.78, 5) is 23.9. The van der Waals surface area contributed by atoms with Crippen LogP contribution in [-0.2, 0) is 14.3 Å². The molecule has 0 spiro atoms. The fraction of sp³-hybridized carbons (Fsp3) is 0.238. The summed E-state index contributed by atoms with van der Waals surface area (Å²) in [5.74, 6) is -0.294. The summed E-state index contributed by atoms with van der Waals surface area (Å²) in [6, 6.07) is 14.3. The van der Waals surface area contributed by atoms with E-state index in [9.17, 15) is 9.59 Å². The van der Waals surface area contributed by atoms with Crippen molar-refractivity contribution in [1.29, 1.82) is 0 Å². The molecule has 28 heavy (non-hydrogen) atoms. The molecule has 4 rings (SSSR count). The van der Waals surface area contributed by atoms with Gasteiger partial charge in [-0.3, -0.25) is 0 Å². The zero-order valence-corrected chi connectivity index (χ0v) is 15.4. The van der Waals surface area contributed by atoms with Crippen molar-refractivity contribution in [2.45, 2.75) is 32.5 Å². The zero-order chi connectivity index (χ0) is 19.7. The van der Waals surface area contributed by atoms with Crippen LogP contribution in [-0.4, -0.2) is 34.3 Å². The van der Waals surface area contributed by atoms with Gasteiger partial charge in [0.2, 0.25) is 17.9 Å². The van der Waals surface area contributed by atoms with Gasteiger partial charge in [0, 0.05) is 17.5 Å². The number of aromatic nitrogens is 2. The van der Waals surface area contributed by atoms with Crippen molar-refractivity contribution in [2.75, 3.05) is 0 Å². The summed E-state index contributed by atoms with van der Waals surface area (Å²) < 4.78 is 16.0. The van der Waals surface area contributed by atoms with E-state index >= 15 is 0 Å². The second-order valence-corrected chi connectivity index (χ2v) is 6.68. The van der Waals surface area contributed by atoms with E-state index in [0.29, 0.717) is 29.3 Å². The van der Waals surface area contributed by atoms with Crippen molar-refractivity contribution in [2.24, 2.45) is 0 Å². The molecule has 0 bridgehead atoms. The van der Waals surface area contributed by atoms with Gasteiger partial charge in [-0.15, -0.1) is 10.2 Å². The Balaban J connectivity index is 1.49. The molecular formula is C21H18N2O5. The Morgan fingerprint density at radius 2 is 1.79 bits per heavy atom. The van der Waals surface area contributed by atoms with Gasteiger partial charge in [-0.2, -0.15) is 0 Å². The van der Waals surface area contributed by atoms with E-state index in [0.717, 1.165) is 11.1 Å². The normalized spacial score (nSPS) is 18.7. The van der Waals surface area contributed by atoms with E-state index in [1.165, 1.54) is 0 Å². The number of hydrogen-bond acceptors (Lipinski definition) is 7. The van der Waals surface area contributed by atoms with Gasteiger partial charge in [0.05, 0.1) is 5.56 Å². The molecule has 1 aliphatic heterocycles. The first kappa shape index (κ1) is 17.9. The van der Waals surface area contributed by atoms with Crippen LogP contribution in [0.25, 0.3) is 22.9 Å². The number of carbonyl (C=O) groups excluding carboxylic acids is 2. The lowest BCUT2D eigenvalue weighted by Crippen LogP contribution is -2.22. The van der Waals surface area contributed by atoms with Gasteiger partial charge in [-0.25, -0.2) is 9.59 Å². The number of benzene rings is 2. The Morgan fingerprint density at radius 3 is 2.46 bits per heavy atom. The van der Waals surface area contributed by atoms with E-state index in [2.05, 4.69) is 10.2 Å². The summed E-state index contributed by atoms with van der Waals surface area (Å²) in [6.07, 6.45) is -0.728. The first-order valence-corrected chi connectivity index (χ1v) is 8.92. The minimum absolute atomic E-state index is 0.243. The number of ether oxygens (including phenoxy) is 2. The summed E-state index contributed by atoms with van der Waals surface area (Å²) in [5.41, 5.74) is 2.92. The Kier molecular flexibility index (Phi) is 4.65. The van der Waals surface area contributed by atoms with Gasteiger partial charge in [-0.1, -0.05) is 18.2 Å². The van der Waals surface area contributed by atoms with Crippen LogP contribution in [0.1, 0.15) is 29.3 Å². The van der Waals surface area contributed by atoms with E-state index in [4.69, 9.17) is 13.9 Å². The van der Waals surface area contributed by atoms with Gasteiger partial charge in [0.25, 0.3) is 0 Å². The van der Waals surface area contributed by atoms with E-state index in [1.807, 2.05) is 31.2 Å². The van der Waals surface area contributed by atoms with Crippen LogP contribution in [0.3, 0.4) is 0 Å². The third-order valence-electron chi connectivity index (χ3n) is 4.54. The van der Waals surface area contributed by atoms with E-state index in [1.54, 1.807) is 31.2 Å². The van der Waals surface area contributed by atoms with Crippen molar-refractivity contribution in [3.63, 3.8) is 0 Å². The van der Waals surface area contributed by atoms with Crippen molar-refractivity contribution in [3.8, 4) is 22.9 Å². The van der Waals surface area contributed by atoms with Gasteiger partial charge >= 0.3 is 11.9 Å². The smallest absolute Gasteiger partial charge is 0.347 e. The predicted molar refractivity (Wildman–Crippen MR) is 99.3 cm³/mol. The van der Waals surface area contributed by atoms with Crippen LogP contribution >= 0.6 is 0 Å². The maximum absolute atomic E-state index is 12.2. The molecule has 1 saturated heterocycles. The quantitative estimate of drug-likeness (QED) is 0.641. The van der Waals surface area contributed by atoms with Crippen molar-refractivity contribution >= 4 is 11.9 Å². The van der Waals surface area contributed by atoms with Gasteiger partial charge in [0.15, 0.2) is 0 Å². The maximum Gasteiger partial charge on any atom is 0.347 e. The van der Waals surface area contributed by atoms with Crippen molar-refractivity contribution in [3.05, 3.63) is 59.7 Å². The molecule has 0 radical (unpaired) electrons. The summed E-state index contributed by atoms with van der Waals surface area (Å²) in [5, 5.41) is 8.19. The molecule has 0 aliphatic carbocycles. The standard InChI is InChI=1S/C21H18N2O5/c1-12-5-3-4-6-16(12)19-23-22-18(28-19)14-7-9-15(10-8-14)20(24)27-17-11-13(2)26-21(17)25/h3-10,13,17H,11H2,1-2H3. The third-order valence-corrected chi connectivity index (χ3v) is 4.54. The van der Waals surface area contributed by atoms with Crippen LogP contribution in [0.15, 0.2) is 52.9 Å². The molecule has 1 fully saturated rings. The molecular weight excluding hydrogens is 360 g/mol. The number of esters is 2. The number of cyclic esters (lactones) is 1. The number of rotatable bonds is 4. The average Bonchev–Trinajstić information content (AvgIpc) is 3.29. The minimum atomic E-state index is -0.852. The largest absolute Gasteiger partial charge is 0.460 e. The number of hydrogen-bond donors (Lipinski definition) is 0. The fourth-order valence-corrected chi connectivity index (χ4v) is 3.02. The number of carbonyl (C=O) groups is 2. The van der Waals surface area contributed by atoms with Crippen LogP contribution < -0.4 is 0 Å².